The molecule has 0 saturated carbocycles. The fourth-order valence-electron chi connectivity index (χ4n) is 2.34. The molecule has 2 N–H and O–H groups in total. The van der Waals surface area contributed by atoms with Crippen LogP contribution in [0.25, 0.3) is 0 Å². The monoisotopic (exact) mass is 234 g/mol. The zero-order chi connectivity index (χ0) is 12.3. The standard InChI is InChI=1S/C14H22N2O/c1-10-7-14(17-3)11(2)6-12(10)8-16-13-4-5-15-9-13/h6-7,13,15-16H,4-5,8-9H2,1-3H3. The van der Waals surface area contributed by atoms with E-state index in [1.807, 2.05) is 0 Å². The predicted octanol–water partition coefficient (Wildman–Crippen LogP) is 1.76. The minimum Gasteiger partial charge on any atom is -0.496 e. The topological polar surface area (TPSA) is 33.3 Å². The molecule has 2 rings (SSSR count). The number of methoxy groups -OCH3 is 1. The minimum absolute atomic E-state index is 0.622. The quantitative estimate of drug-likeness (QED) is 0.833. The maximum atomic E-state index is 5.33. The van der Waals surface area contributed by atoms with E-state index >= 15 is 0 Å². The van der Waals surface area contributed by atoms with E-state index in [0.717, 1.165) is 25.4 Å². The van der Waals surface area contributed by atoms with Crippen LogP contribution >= 0.6 is 0 Å². The summed E-state index contributed by atoms with van der Waals surface area (Å²) in [5.74, 6) is 0.980. The van der Waals surface area contributed by atoms with E-state index in [4.69, 9.17) is 4.74 Å². The van der Waals surface area contributed by atoms with Gasteiger partial charge in [0.15, 0.2) is 0 Å². The van der Waals surface area contributed by atoms with Crippen LogP contribution in [-0.2, 0) is 6.54 Å². The highest BCUT2D eigenvalue weighted by Gasteiger charge is 2.14. The number of benzene rings is 1. The van der Waals surface area contributed by atoms with Crippen molar-refractivity contribution in [2.75, 3.05) is 20.2 Å². The SMILES string of the molecule is COc1cc(C)c(CNC2CCNC2)cc1C. The van der Waals surface area contributed by atoms with Crippen molar-refractivity contribution in [2.24, 2.45) is 0 Å². The van der Waals surface area contributed by atoms with Gasteiger partial charge >= 0.3 is 0 Å². The van der Waals surface area contributed by atoms with Crippen molar-refractivity contribution >= 4 is 0 Å². The van der Waals surface area contributed by atoms with Crippen LogP contribution in [0.3, 0.4) is 0 Å². The lowest BCUT2D eigenvalue weighted by Gasteiger charge is -2.15. The lowest BCUT2D eigenvalue weighted by atomic mass is 10.0. The molecule has 3 heteroatoms. The maximum absolute atomic E-state index is 5.33. The summed E-state index contributed by atoms with van der Waals surface area (Å²) in [6.45, 7) is 7.42. The molecule has 1 aliphatic rings. The lowest BCUT2D eigenvalue weighted by molar-refractivity contribution is 0.411. The van der Waals surface area contributed by atoms with Crippen molar-refractivity contribution in [1.29, 1.82) is 0 Å². The first-order valence-electron chi connectivity index (χ1n) is 6.29. The lowest BCUT2D eigenvalue weighted by Crippen LogP contribution is -2.30. The molecule has 0 bridgehead atoms. The molecule has 1 heterocycles. The van der Waals surface area contributed by atoms with Gasteiger partial charge in [-0.1, -0.05) is 6.07 Å². The van der Waals surface area contributed by atoms with Crippen LogP contribution in [-0.4, -0.2) is 26.2 Å². The molecule has 1 fully saturated rings. The average molecular weight is 234 g/mol. The van der Waals surface area contributed by atoms with Gasteiger partial charge in [0.2, 0.25) is 0 Å². The highest BCUT2D eigenvalue weighted by atomic mass is 16.5. The third-order valence-corrected chi connectivity index (χ3v) is 3.49. The Hall–Kier alpha value is -1.06. The van der Waals surface area contributed by atoms with Crippen LogP contribution in [0.1, 0.15) is 23.1 Å². The van der Waals surface area contributed by atoms with E-state index in [1.165, 1.54) is 23.1 Å². The van der Waals surface area contributed by atoms with Gasteiger partial charge in [-0.05, 0) is 49.6 Å². The Labute approximate surface area is 104 Å². The molecule has 1 aliphatic heterocycles. The summed E-state index contributed by atoms with van der Waals surface area (Å²) in [6.07, 6.45) is 1.23. The van der Waals surface area contributed by atoms with Gasteiger partial charge in [-0.3, -0.25) is 0 Å². The van der Waals surface area contributed by atoms with Gasteiger partial charge in [0, 0.05) is 19.1 Å². The normalized spacial score (nSPS) is 19.6. The van der Waals surface area contributed by atoms with E-state index in [-0.39, 0.29) is 0 Å². The van der Waals surface area contributed by atoms with Gasteiger partial charge in [-0.15, -0.1) is 0 Å². The van der Waals surface area contributed by atoms with Crippen LogP contribution < -0.4 is 15.4 Å². The zero-order valence-corrected chi connectivity index (χ0v) is 11.0. The molecule has 1 atom stereocenters. The van der Waals surface area contributed by atoms with E-state index < -0.39 is 0 Å². The molecule has 0 aromatic heterocycles. The summed E-state index contributed by atoms with van der Waals surface area (Å²) in [6, 6.07) is 4.97. The largest absolute Gasteiger partial charge is 0.496 e. The van der Waals surface area contributed by atoms with Crippen LogP contribution in [0, 0.1) is 13.8 Å². The summed E-state index contributed by atoms with van der Waals surface area (Å²) < 4.78 is 5.33. The molecule has 1 saturated heterocycles. The molecule has 0 amide bonds. The van der Waals surface area contributed by atoms with Gasteiger partial charge < -0.3 is 15.4 Å². The predicted molar refractivity (Wildman–Crippen MR) is 70.6 cm³/mol. The highest BCUT2D eigenvalue weighted by Crippen LogP contribution is 2.22. The van der Waals surface area contributed by atoms with E-state index in [1.54, 1.807) is 7.11 Å². The van der Waals surface area contributed by atoms with Crippen LogP contribution in [0.5, 0.6) is 5.75 Å². The first-order chi connectivity index (χ1) is 8.20. The second-order valence-electron chi connectivity index (χ2n) is 4.82. The smallest absolute Gasteiger partial charge is 0.122 e. The molecule has 0 radical (unpaired) electrons. The van der Waals surface area contributed by atoms with Crippen molar-refractivity contribution in [3.63, 3.8) is 0 Å². The Morgan fingerprint density at radius 2 is 2.18 bits per heavy atom. The molecule has 94 valence electrons. The number of rotatable bonds is 4. The number of ether oxygens (including phenoxy) is 1. The molecule has 3 nitrogen and oxygen atoms in total. The Morgan fingerprint density at radius 3 is 2.82 bits per heavy atom. The van der Waals surface area contributed by atoms with Crippen molar-refractivity contribution < 1.29 is 4.74 Å². The number of nitrogens with one attached hydrogen (secondary N) is 2. The van der Waals surface area contributed by atoms with E-state index in [2.05, 4.69) is 36.6 Å². The molecule has 1 aromatic rings. The van der Waals surface area contributed by atoms with Crippen LogP contribution in [0.4, 0.5) is 0 Å². The first-order valence-corrected chi connectivity index (χ1v) is 6.29. The molecule has 17 heavy (non-hydrogen) atoms. The molecule has 1 unspecified atom stereocenters. The Kier molecular flexibility index (Phi) is 4.02. The first kappa shape index (κ1) is 12.4. The van der Waals surface area contributed by atoms with Gasteiger partial charge in [-0.25, -0.2) is 0 Å². The summed E-state index contributed by atoms with van der Waals surface area (Å²) in [5, 5.41) is 6.97. The molecule has 1 aromatic carbocycles. The Bertz CT molecular complexity index is 384. The average Bonchev–Trinajstić information content (AvgIpc) is 2.82. The maximum Gasteiger partial charge on any atom is 0.122 e. The van der Waals surface area contributed by atoms with Crippen molar-refractivity contribution in [2.45, 2.75) is 32.9 Å². The summed E-state index contributed by atoms with van der Waals surface area (Å²) >= 11 is 0. The van der Waals surface area contributed by atoms with Crippen molar-refractivity contribution in [1.82, 2.24) is 10.6 Å². The third kappa shape index (κ3) is 2.99. The summed E-state index contributed by atoms with van der Waals surface area (Å²) in [4.78, 5) is 0. The fraction of sp³-hybridized carbons (Fsp3) is 0.571. The number of hydrogen-bond donors (Lipinski definition) is 2. The molecule has 0 aliphatic carbocycles. The van der Waals surface area contributed by atoms with Crippen LogP contribution in [0.2, 0.25) is 0 Å². The fourth-order valence-corrected chi connectivity index (χ4v) is 2.34. The van der Waals surface area contributed by atoms with Gasteiger partial charge in [0.05, 0.1) is 7.11 Å². The molecular formula is C14H22N2O. The molecular weight excluding hydrogens is 212 g/mol. The van der Waals surface area contributed by atoms with Crippen molar-refractivity contribution in [3.05, 3.63) is 28.8 Å². The molecule has 0 spiro atoms. The van der Waals surface area contributed by atoms with Gasteiger partial charge in [0.1, 0.15) is 5.75 Å². The van der Waals surface area contributed by atoms with Gasteiger partial charge in [0.25, 0.3) is 0 Å². The summed E-state index contributed by atoms with van der Waals surface area (Å²) in [7, 11) is 1.73. The second-order valence-corrected chi connectivity index (χ2v) is 4.82. The Morgan fingerprint density at radius 1 is 1.35 bits per heavy atom. The second kappa shape index (κ2) is 5.52. The van der Waals surface area contributed by atoms with E-state index in [9.17, 15) is 0 Å². The minimum atomic E-state index is 0.622. The highest BCUT2D eigenvalue weighted by molar-refractivity contribution is 5.41. The zero-order valence-electron chi connectivity index (χ0n) is 11.0. The van der Waals surface area contributed by atoms with Crippen molar-refractivity contribution in [3.8, 4) is 5.75 Å². The van der Waals surface area contributed by atoms with Gasteiger partial charge in [-0.2, -0.15) is 0 Å². The Balaban J connectivity index is 2.02. The number of hydrogen-bond acceptors (Lipinski definition) is 3. The number of aryl methyl sites for hydroxylation is 2. The van der Waals surface area contributed by atoms with E-state index in [0.29, 0.717) is 6.04 Å². The third-order valence-electron chi connectivity index (χ3n) is 3.49. The van der Waals surface area contributed by atoms with Crippen LogP contribution in [0.15, 0.2) is 12.1 Å². The summed E-state index contributed by atoms with van der Waals surface area (Å²) in [5.41, 5.74) is 3.88.